The highest BCUT2D eigenvalue weighted by Crippen LogP contribution is 2.33. The Morgan fingerprint density at radius 3 is 2.52 bits per heavy atom. The minimum Gasteiger partial charge on any atom is -0.378 e. The van der Waals surface area contributed by atoms with E-state index in [4.69, 9.17) is 39.5 Å². The fourth-order valence-corrected chi connectivity index (χ4v) is 3.82. The number of anilines is 2. The van der Waals surface area contributed by atoms with Crippen molar-refractivity contribution in [3.8, 4) is 0 Å². The zero-order chi connectivity index (χ0) is 21.0. The van der Waals surface area contributed by atoms with E-state index in [0.717, 1.165) is 0 Å². The number of rotatable bonds is 6. The van der Waals surface area contributed by atoms with Gasteiger partial charge in [-0.25, -0.2) is 4.98 Å². The number of hydrogen-bond donors (Lipinski definition) is 3. The normalized spacial score (nSPS) is 14.0. The van der Waals surface area contributed by atoms with Gasteiger partial charge in [0.2, 0.25) is 11.9 Å². The van der Waals surface area contributed by atoms with Crippen LogP contribution in [0.2, 0.25) is 15.1 Å². The lowest BCUT2D eigenvalue weighted by Gasteiger charge is -2.27. The van der Waals surface area contributed by atoms with Crippen LogP contribution < -0.4 is 21.3 Å². The summed E-state index contributed by atoms with van der Waals surface area (Å²) < 4.78 is 5.31. The number of hydrogen-bond acceptors (Lipinski definition) is 6. The average molecular weight is 461 g/mol. The molecule has 1 saturated heterocycles. The van der Waals surface area contributed by atoms with Gasteiger partial charge in [-0.2, -0.15) is 0 Å². The minimum atomic E-state index is -0.330. The Labute approximate surface area is 182 Å². The van der Waals surface area contributed by atoms with Gasteiger partial charge in [0.15, 0.2) is 0 Å². The van der Waals surface area contributed by atoms with Crippen LogP contribution in [0.1, 0.15) is 17.7 Å². The Hall–Kier alpha value is -2.00. The smallest absolute Gasteiger partial charge is 0.255 e. The number of H-pyrrole nitrogens is 1. The van der Waals surface area contributed by atoms with Crippen LogP contribution in [-0.2, 0) is 16.0 Å². The van der Waals surface area contributed by atoms with E-state index in [-0.39, 0.29) is 34.4 Å². The molecule has 0 atom stereocenters. The molecule has 3 rings (SSSR count). The third kappa shape index (κ3) is 5.54. The van der Waals surface area contributed by atoms with Crippen LogP contribution in [-0.4, -0.2) is 42.2 Å². The van der Waals surface area contributed by atoms with Crippen LogP contribution in [0.4, 0.5) is 11.6 Å². The lowest BCUT2D eigenvalue weighted by atomic mass is 10.1. The van der Waals surface area contributed by atoms with Crippen molar-refractivity contribution in [3.05, 3.63) is 48.8 Å². The molecule has 3 N–H and O–H groups in total. The van der Waals surface area contributed by atoms with E-state index in [0.29, 0.717) is 54.2 Å². The molecule has 1 aromatic heterocycles. The number of aromatic nitrogens is 2. The molecule has 29 heavy (non-hydrogen) atoms. The van der Waals surface area contributed by atoms with Gasteiger partial charge in [0.1, 0.15) is 0 Å². The molecule has 11 heteroatoms. The third-order valence-corrected chi connectivity index (χ3v) is 5.27. The van der Waals surface area contributed by atoms with Gasteiger partial charge in [-0.05, 0) is 25.5 Å². The molecular weight excluding hydrogens is 441 g/mol. The molecule has 1 amide bonds. The predicted molar refractivity (Wildman–Crippen MR) is 114 cm³/mol. The molecule has 0 aliphatic carbocycles. The van der Waals surface area contributed by atoms with Gasteiger partial charge in [-0.15, -0.1) is 0 Å². The predicted octanol–water partition coefficient (Wildman–Crippen LogP) is 2.95. The number of hydrazine groups is 1. The largest absolute Gasteiger partial charge is 0.378 e. The van der Waals surface area contributed by atoms with Crippen LogP contribution >= 0.6 is 34.8 Å². The number of carbonyl (C=O) groups excluding carboxylic acids is 1. The molecule has 1 aliphatic rings. The third-order valence-electron chi connectivity index (χ3n) is 4.46. The lowest BCUT2D eigenvalue weighted by molar-refractivity contribution is -0.120. The maximum atomic E-state index is 12.5. The van der Waals surface area contributed by atoms with Crippen molar-refractivity contribution in [2.75, 3.05) is 36.6 Å². The number of halogens is 3. The van der Waals surface area contributed by atoms with Gasteiger partial charge in [0.25, 0.3) is 5.56 Å². The fraction of sp³-hybridized carbons (Fsp3) is 0.389. The molecule has 0 radical (unpaired) electrons. The quantitative estimate of drug-likeness (QED) is 0.573. The topological polar surface area (TPSA) is 99.4 Å². The molecule has 0 saturated carbocycles. The second-order valence-electron chi connectivity index (χ2n) is 6.47. The highest BCUT2D eigenvalue weighted by Gasteiger charge is 2.17. The molecule has 0 spiro atoms. The summed E-state index contributed by atoms with van der Waals surface area (Å²) in [6.07, 6.45) is 0.325. The summed E-state index contributed by atoms with van der Waals surface area (Å²) in [7, 11) is 0. The Kier molecular flexibility index (Phi) is 7.23. The van der Waals surface area contributed by atoms with E-state index in [1.54, 1.807) is 6.92 Å². The van der Waals surface area contributed by atoms with E-state index in [1.807, 2.05) is 4.90 Å². The van der Waals surface area contributed by atoms with Crippen molar-refractivity contribution in [2.45, 2.75) is 19.8 Å². The Balaban J connectivity index is 1.59. The summed E-state index contributed by atoms with van der Waals surface area (Å²) in [6, 6.07) is 3.02. The molecule has 0 bridgehead atoms. The lowest BCUT2D eigenvalue weighted by Crippen LogP contribution is -2.38. The number of nitrogens with one attached hydrogen (secondary N) is 3. The molecule has 156 valence electrons. The highest BCUT2D eigenvalue weighted by atomic mass is 35.5. The SMILES string of the molecule is Cc1nc(N2CCOCC2)[nH]c(=O)c1CCC(=O)NNc1c(Cl)cc(Cl)cc1Cl. The Bertz CT molecular complexity index is 937. The molecule has 0 unspecified atom stereocenters. The number of carbonyl (C=O) groups is 1. The van der Waals surface area contributed by atoms with Crippen molar-refractivity contribution >= 4 is 52.3 Å². The van der Waals surface area contributed by atoms with E-state index >= 15 is 0 Å². The Morgan fingerprint density at radius 1 is 1.24 bits per heavy atom. The molecule has 8 nitrogen and oxygen atoms in total. The van der Waals surface area contributed by atoms with Gasteiger partial charge in [0.05, 0.1) is 28.9 Å². The van der Waals surface area contributed by atoms with E-state index in [2.05, 4.69) is 20.8 Å². The van der Waals surface area contributed by atoms with Crippen molar-refractivity contribution in [1.29, 1.82) is 0 Å². The number of amides is 1. The van der Waals surface area contributed by atoms with E-state index in [9.17, 15) is 9.59 Å². The van der Waals surface area contributed by atoms with Gasteiger partial charge >= 0.3 is 0 Å². The van der Waals surface area contributed by atoms with Gasteiger partial charge in [-0.3, -0.25) is 25.4 Å². The Morgan fingerprint density at radius 2 is 1.90 bits per heavy atom. The van der Waals surface area contributed by atoms with Crippen LogP contribution in [0.25, 0.3) is 0 Å². The van der Waals surface area contributed by atoms with Gasteiger partial charge in [-0.1, -0.05) is 34.8 Å². The number of aryl methyl sites for hydroxylation is 1. The summed E-state index contributed by atoms with van der Waals surface area (Å²) in [4.78, 5) is 33.9. The second-order valence-corrected chi connectivity index (χ2v) is 7.72. The van der Waals surface area contributed by atoms with E-state index in [1.165, 1.54) is 12.1 Å². The molecular formula is C18H20Cl3N5O3. The number of aromatic amines is 1. The first-order valence-corrected chi connectivity index (χ1v) is 10.1. The monoisotopic (exact) mass is 459 g/mol. The fourth-order valence-electron chi connectivity index (χ4n) is 2.91. The van der Waals surface area contributed by atoms with Gasteiger partial charge < -0.3 is 9.64 Å². The summed E-state index contributed by atoms with van der Waals surface area (Å²) in [6.45, 7) is 4.30. The average Bonchev–Trinajstić information content (AvgIpc) is 2.67. The zero-order valence-corrected chi connectivity index (χ0v) is 17.9. The molecule has 2 heterocycles. The molecule has 1 fully saturated rings. The molecule has 1 aromatic carbocycles. The van der Waals surface area contributed by atoms with Crippen LogP contribution in [0, 0.1) is 6.92 Å². The van der Waals surface area contributed by atoms with Gasteiger partial charge in [0, 0.05) is 35.8 Å². The first-order valence-electron chi connectivity index (χ1n) is 8.97. The van der Waals surface area contributed by atoms with Crippen molar-refractivity contribution < 1.29 is 9.53 Å². The van der Waals surface area contributed by atoms with Crippen LogP contribution in [0.3, 0.4) is 0 Å². The van der Waals surface area contributed by atoms with Crippen molar-refractivity contribution in [1.82, 2.24) is 15.4 Å². The van der Waals surface area contributed by atoms with E-state index < -0.39 is 0 Å². The molecule has 1 aliphatic heterocycles. The standard InChI is InChI=1S/C18H20Cl3N5O3/c1-10-12(17(28)23-18(22-10)26-4-6-29-7-5-26)2-3-15(27)24-25-16-13(20)8-11(19)9-14(16)21/h8-9,25H,2-7H2,1H3,(H,24,27)(H,22,23,28). The maximum Gasteiger partial charge on any atom is 0.255 e. The number of ether oxygens (including phenoxy) is 1. The second kappa shape index (κ2) is 9.67. The first-order chi connectivity index (χ1) is 13.8. The maximum absolute atomic E-state index is 12.5. The van der Waals surface area contributed by atoms with Crippen molar-refractivity contribution in [3.63, 3.8) is 0 Å². The van der Waals surface area contributed by atoms with Crippen LogP contribution in [0.5, 0.6) is 0 Å². The zero-order valence-electron chi connectivity index (χ0n) is 15.7. The summed E-state index contributed by atoms with van der Waals surface area (Å²) in [5, 5.41) is 0.940. The summed E-state index contributed by atoms with van der Waals surface area (Å²) in [5.41, 5.74) is 6.37. The van der Waals surface area contributed by atoms with Crippen LogP contribution in [0.15, 0.2) is 16.9 Å². The number of nitrogens with zero attached hydrogens (tertiary/aromatic N) is 2. The van der Waals surface area contributed by atoms with Crippen molar-refractivity contribution in [2.24, 2.45) is 0 Å². The number of morpholine rings is 1. The minimum absolute atomic E-state index is 0.0817. The first kappa shape index (κ1) is 21.7. The summed E-state index contributed by atoms with van der Waals surface area (Å²) in [5.74, 6) is 0.195. The highest BCUT2D eigenvalue weighted by molar-refractivity contribution is 6.41. The molecule has 2 aromatic rings. The number of benzene rings is 1. The summed E-state index contributed by atoms with van der Waals surface area (Å²) >= 11 is 18.0.